The average molecular weight is 413 g/mol. The molecule has 1 heterocycles. The molecule has 0 N–H and O–H groups in total. The van der Waals surface area contributed by atoms with Crippen molar-refractivity contribution in [2.45, 2.75) is 77.9 Å². The maximum atomic E-state index is 12.2. The van der Waals surface area contributed by atoms with Crippen LogP contribution in [0.5, 0.6) is 0 Å². The monoisotopic (exact) mass is 412 g/mol. The fourth-order valence-corrected chi connectivity index (χ4v) is 8.22. The highest BCUT2D eigenvalue weighted by Gasteiger charge is 2.66. The number of esters is 1. The first-order valence-electron chi connectivity index (χ1n) is 12.0. The number of hydrogen-bond donors (Lipinski definition) is 0. The van der Waals surface area contributed by atoms with Crippen molar-refractivity contribution in [1.29, 1.82) is 0 Å². The first kappa shape index (κ1) is 20.5. The molecule has 0 aromatic heterocycles. The van der Waals surface area contributed by atoms with Crippen LogP contribution in [0.2, 0.25) is 0 Å². The van der Waals surface area contributed by atoms with Crippen molar-refractivity contribution in [3.8, 4) is 0 Å². The minimum atomic E-state index is -0.176. The second-order valence-electron chi connectivity index (χ2n) is 11.1. The lowest BCUT2D eigenvalue weighted by atomic mass is 9.48. The van der Waals surface area contributed by atoms with Crippen molar-refractivity contribution < 1.29 is 19.1 Å². The first-order valence-corrected chi connectivity index (χ1v) is 12.0. The third-order valence-corrected chi connectivity index (χ3v) is 9.91. The van der Waals surface area contributed by atoms with Crippen LogP contribution < -0.4 is 0 Å². The first-order chi connectivity index (χ1) is 14.3. The molecule has 0 aromatic carbocycles. The maximum Gasteiger partial charge on any atom is 0.305 e. The van der Waals surface area contributed by atoms with Gasteiger partial charge in [-0.05, 0) is 85.2 Å². The summed E-state index contributed by atoms with van der Waals surface area (Å²) in [5, 5.41) is 0. The number of carbonyl (C=O) groups excluding carboxylic acids is 2. The lowest BCUT2D eigenvalue weighted by Gasteiger charge is -2.56. The SMILES string of the molecule is COC(=O)CCC[C@@H](C)[C@H]1CC[C@H]2[C@@H]3C=CC4=CC(=O)[C@@H]5O[C@@H]5[C@]4(C)[C@H]3CC[C@]12C. The van der Waals surface area contributed by atoms with Crippen LogP contribution >= 0.6 is 0 Å². The predicted molar refractivity (Wildman–Crippen MR) is 115 cm³/mol. The molecule has 0 bridgehead atoms. The number of methoxy groups -OCH3 is 1. The Balaban J connectivity index is 1.34. The van der Waals surface area contributed by atoms with Gasteiger partial charge in [0.2, 0.25) is 0 Å². The minimum absolute atomic E-state index is 0.00351. The van der Waals surface area contributed by atoms with E-state index in [-0.39, 0.29) is 29.4 Å². The molecule has 0 unspecified atom stereocenters. The molecule has 2 saturated carbocycles. The Bertz CT molecular complexity index is 812. The van der Waals surface area contributed by atoms with E-state index in [4.69, 9.17) is 9.47 Å². The zero-order valence-electron chi connectivity index (χ0n) is 18.9. The van der Waals surface area contributed by atoms with E-state index in [1.54, 1.807) is 0 Å². The van der Waals surface area contributed by atoms with Gasteiger partial charge in [0.15, 0.2) is 5.78 Å². The van der Waals surface area contributed by atoms with Gasteiger partial charge in [-0.2, -0.15) is 0 Å². The fraction of sp³-hybridized carbons (Fsp3) is 0.769. The quantitative estimate of drug-likeness (QED) is 0.477. The highest BCUT2D eigenvalue weighted by molar-refractivity contribution is 5.98. The van der Waals surface area contributed by atoms with Crippen LogP contribution in [0.3, 0.4) is 0 Å². The number of carbonyl (C=O) groups is 2. The second kappa shape index (κ2) is 7.05. The number of ether oxygens (including phenoxy) is 2. The molecule has 1 aliphatic heterocycles. The third-order valence-electron chi connectivity index (χ3n) is 9.91. The predicted octanol–water partition coefficient (Wildman–Crippen LogP) is 4.88. The van der Waals surface area contributed by atoms with Crippen LogP contribution in [0.15, 0.2) is 23.8 Å². The average Bonchev–Trinajstić information content (AvgIpc) is 3.46. The van der Waals surface area contributed by atoms with E-state index in [1.807, 2.05) is 6.08 Å². The molecule has 4 heteroatoms. The smallest absolute Gasteiger partial charge is 0.305 e. The summed E-state index contributed by atoms with van der Waals surface area (Å²) < 4.78 is 10.7. The van der Waals surface area contributed by atoms with Gasteiger partial charge in [0.1, 0.15) is 12.2 Å². The van der Waals surface area contributed by atoms with Gasteiger partial charge in [-0.15, -0.1) is 0 Å². The summed E-state index contributed by atoms with van der Waals surface area (Å²) in [6.45, 7) is 7.31. The molecule has 1 saturated heterocycles. The summed E-state index contributed by atoms with van der Waals surface area (Å²) in [6.07, 6.45) is 14.2. The molecule has 3 fully saturated rings. The van der Waals surface area contributed by atoms with Crippen LogP contribution in [-0.2, 0) is 19.1 Å². The Kier molecular flexibility index (Phi) is 4.81. The van der Waals surface area contributed by atoms with Crippen molar-refractivity contribution in [3.05, 3.63) is 23.8 Å². The Labute approximate surface area is 180 Å². The van der Waals surface area contributed by atoms with Crippen LogP contribution in [0.1, 0.15) is 65.7 Å². The molecular formula is C26H36O4. The topological polar surface area (TPSA) is 55.9 Å². The molecule has 0 amide bonds. The van der Waals surface area contributed by atoms with Crippen molar-refractivity contribution in [2.24, 2.45) is 40.4 Å². The molecule has 5 aliphatic rings. The summed E-state index contributed by atoms with van der Waals surface area (Å²) in [4.78, 5) is 23.7. The zero-order chi connectivity index (χ0) is 21.3. The minimum Gasteiger partial charge on any atom is -0.469 e. The molecule has 4 nitrogen and oxygen atoms in total. The van der Waals surface area contributed by atoms with Gasteiger partial charge >= 0.3 is 5.97 Å². The number of fused-ring (bicyclic) bond motifs is 7. The van der Waals surface area contributed by atoms with E-state index in [0.717, 1.165) is 18.8 Å². The maximum absolute atomic E-state index is 12.2. The number of rotatable bonds is 5. The summed E-state index contributed by atoms with van der Waals surface area (Å²) in [6, 6.07) is 0. The van der Waals surface area contributed by atoms with Crippen LogP contribution in [0.25, 0.3) is 0 Å². The molecule has 4 aliphatic carbocycles. The third kappa shape index (κ3) is 2.82. The number of ketones is 1. The standard InChI is InChI=1S/C26H36O4/c1-15(6-5-7-22(28)29-4)18-10-11-19-17-9-8-16-14-21(27)23-24(30-23)26(16,3)20(17)12-13-25(18,19)2/h8-9,14-15,17-20,23-24H,5-7,10-13H2,1-4H3/t15-,17+,18-,19+,20+,23+,24+,25-,26+/m1/s1. The van der Waals surface area contributed by atoms with Gasteiger partial charge in [0.05, 0.1) is 7.11 Å². The summed E-state index contributed by atoms with van der Waals surface area (Å²) in [7, 11) is 1.47. The van der Waals surface area contributed by atoms with Gasteiger partial charge < -0.3 is 9.47 Å². The lowest BCUT2D eigenvalue weighted by molar-refractivity contribution is -0.140. The Morgan fingerprint density at radius 3 is 2.83 bits per heavy atom. The fourth-order valence-electron chi connectivity index (χ4n) is 8.22. The van der Waals surface area contributed by atoms with E-state index in [2.05, 4.69) is 32.9 Å². The van der Waals surface area contributed by atoms with E-state index in [0.29, 0.717) is 35.5 Å². The molecular weight excluding hydrogens is 376 g/mol. The molecule has 9 atom stereocenters. The summed E-state index contributed by atoms with van der Waals surface area (Å²) in [5.74, 6) is 3.35. The van der Waals surface area contributed by atoms with Crippen molar-refractivity contribution in [1.82, 2.24) is 0 Å². The highest BCUT2D eigenvalue weighted by Crippen LogP contribution is 2.68. The van der Waals surface area contributed by atoms with E-state index in [9.17, 15) is 9.59 Å². The molecule has 5 rings (SSSR count). The second-order valence-corrected chi connectivity index (χ2v) is 11.1. The zero-order valence-corrected chi connectivity index (χ0v) is 18.9. The highest BCUT2D eigenvalue weighted by atomic mass is 16.6. The Morgan fingerprint density at radius 2 is 2.07 bits per heavy atom. The van der Waals surface area contributed by atoms with E-state index >= 15 is 0 Å². The van der Waals surface area contributed by atoms with Gasteiger partial charge in [-0.3, -0.25) is 9.59 Å². The molecule has 0 spiro atoms. The number of allylic oxidation sites excluding steroid dienone is 2. The molecule has 0 aromatic rings. The van der Waals surface area contributed by atoms with E-state index in [1.165, 1.54) is 38.4 Å². The molecule has 30 heavy (non-hydrogen) atoms. The molecule has 0 radical (unpaired) electrons. The van der Waals surface area contributed by atoms with Gasteiger partial charge in [-0.25, -0.2) is 0 Å². The summed E-state index contributed by atoms with van der Waals surface area (Å²) in [5.41, 5.74) is 1.59. The number of hydrogen-bond acceptors (Lipinski definition) is 4. The molecule has 164 valence electrons. The van der Waals surface area contributed by atoms with Gasteiger partial charge in [0.25, 0.3) is 0 Å². The van der Waals surface area contributed by atoms with Crippen molar-refractivity contribution >= 4 is 11.8 Å². The van der Waals surface area contributed by atoms with Crippen molar-refractivity contribution in [2.75, 3.05) is 7.11 Å². The normalized spacial score (nSPS) is 46.8. The van der Waals surface area contributed by atoms with Crippen LogP contribution in [0.4, 0.5) is 0 Å². The van der Waals surface area contributed by atoms with E-state index < -0.39 is 0 Å². The van der Waals surface area contributed by atoms with Gasteiger partial charge in [0, 0.05) is 11.8 Å². The van der Waals surface area contributed by atoms with Crippen molar-refractivity contribution in [3.63, 3.8) is 0 Å². The lowest BCUT2D eigenvalue weighted by Crippen LogP contribution is -2.51. The van der Waals surface area contributed by atoms with Crippen LogP contribution in [-0.4, -0.2) is 31.1 Å². The number of epoxide rings is 1. The van der Waals surface area contributed by atoms with Crippen LogP contribution in [0, 0.1) is 40.4 Å². The summed E-state index contributed by atoms with van der Waals surface area (Å²) >= 11 is 0. The Hall–Kier alpha value is -1.42. The van der Waals surface area contributed by atoms with Gasteiger partial charge in [-0.1, -0.05) is 32.9 Å². The largest absolute Gasteiger partial charge is 0.469 e. The Morgan fingerprint density at radius 1 is 1.27 bits per heavy atom.